The standard InChI is InChI=1S/C21H19F4N5O3S/c1-20(6-3-7-34(20,32)33)17-11-30(12-27-17)19-15(22)8-14(10-26-19)29-18(31)9-13-4-2-5-16(28-13)21(23,24)25/h2,4-5,8,10-12H,3,6-7,9H2,1H3,(H,29,31). The Morgan fingerprint density at radius 3 is 2.68 bits per heavy atom. The predicted octanol–water partition coefficient (Wildman–Crippen LogP) is 3.43. The smallest absolute Gasteiger partial charge is 0.324 e. The van der Waals surface area contributed by atoms with Crippen LogP contribution < -0.4 is 5.32 Å². The summed E-state index contributed by atoms with van der Waals surface area (Å²) in [6, 6.07) is 4.21. The highest BCUT2D eigenvalue weighted by Crippen LogP contribution is 2.40. The van der Waals surface area contributed by atoms with Crippen LogP contribution in [0, 0.1) is 5.82 Å². The van der Waals surface area contributed by atoms with Crippen LogP contribution in [-0.4, -0.2) is 39.6 Å². The number of amides is 1. The molecular weight excluding hydrogens is 478 g/mol. The SMILES string of the molecule is CC1(c2cn(-c3ncc(NC(=O)Cc4cccc(C(F)(F)F)n4)cc3F)cn2)CCCS1(=O)=O. The zero-order chi connectivity index (χ0) is 24.7. The molecular formula is C21H19F4N5O3S. The van der Waals surface area contributed by atoms with Crippen LogP contribution in [0.5, 0.6) is 0 Å². The van der Waals surface area contributed by atoms with Crippen molar-refractivity contribution < 1.29 is 30.8 Å². The third-order valence-electron chi connectivity index (χ3n) is 5.67. The Morgan fingerprint density at radius 1 is 1.26 bits per heavy atom. The van der Waals surface area contributed by atoms with E-state index in [9.17, 15) is 30.8 Å². The Bertz CT molecular complexity index is 1360. The normalized spacial score (nSPS) is 19.8. The molecule has 0 spiro atoms. The number of hydrogen-bond donors (Lipinski definition) is 1. The van der Waals surface area contributed by atoms with Crippen LogP contribution in [0.25, 0.3) is 5.82 Å². The summed E-state index contributed by atoms with van der Waals surface area (Å²) in [4.78, 5) is 23.7. The van der Waals surface area contributed by atoms with Gasteiger partial charge in [0.2, 0.25) is 5.91 Å². The number of halogens is 4. The number of rotatable bonds is 5. The number of nitrogens with one attached hydrogen (secondary N) is 1. The summed E-state index contributed by atoms with van der Waals surface area (Å²) in [5.41, 5.74) is -0.937. The first kappa shape index (κ1) is 23.8. The molecule has 1 amide bonds. The molecule has 8 nitrogen and oxygen atoms in total. The zero-order valence-electron chi connectivity index (χ0n) is 17.8. The number of carbonyl (C=O) groups excluding carboxylic acids is 1. The van der Waals surface area contributed by atoms with Crippen molar-refractivity contribution in [2.24, 2.45) is 0 Å². The van der Waals surface area contributed by atoms with Crippen molar-refractivity contribution in [3.8, 4) is 5.82 Å². The summed E-state index contributed by atoms with van der Waals surface area (Å²) in [7, 11) is -3.38. The summed E-state index contributed by atoms with van der Waals surface area (Å²) in [6.45, 7) is 1.59. The fourth-order valence-electron chi connectivity index (χ4n) is 3.77. The maximum atomic E-state index is 14.7. The van der Waals surface area contributed by atoms with E-state index >= 15 is 0 Å². The molecule has 0 saturated carbocycles. The summed E-state index contributed by atoms with van der Waals surface area (Å²) in [6.07, 6.45) is -0.323. The van der Waals surface area contributed by atoms with E-state index in [1.54, 1.807) is 6.92 Å². The maximum absolute atomic E-state index is 14.7. The highest BCUT2D eigenvalue weighted by molar-refractivity contribution is 7.92. The fraction of sp³-hybridized carbons (Fsp3) is 0.333. The Morgan fingerprint density at radius 2 is 2.03 bits per heavy atom. The fourth-order valence-corrected chi connectivity index (χ4v) is 5.63. The molecule has 3 aromatic heterocycles. The van der Waals surface area contributed by atoms with Crippen molar-refractivity contribution in [3.63, 3.8) is 0 Å². The van der Waals surface area contributed by atoms with E-state index < -0.39 is 44.6 Å². The summed E-state index contributed by atoms with van der Waals surface area (Å²) < 4.78 is 77.9. The van der Waals surface area contributed by atoms with Crippen molar-refractivity contribution in [1.29, 1.82) is 0 Å². The minimum atomic E-state index is -4.64. The number of nitrogens with zero attached hydrogens (tertiary/aromatic N) is 4. The van der Waals surface area contributed by atoms with Crippen LogP contribution in [0.1, 0.15) is 36.8 Å². The van der Waals surface area contributed by atoms with Crippen LogP contribution in [0.15, 0.2) is 43.0 Å². The van der Waals surface area contributed by atoms with Crippen LogP contribution in [0.4, 0.5) is 23.2 Å². The number of aromatic nitrogens is 4. The van der Waals surface area contributed by atoms with Gasteiger partial charge in [0.15, 0.2) is 21.5 Å². The minimum Gasteiger partial charge on any atom is -0.324 e. The van der Waals surface area contributed by atoms with Gasteiger partial charge in [-0.3, -0.25) is 9.36 Å². The zero-order valence-corrected chi connectivity index (χ0v) is 18.6. The molecule has 1 N–H and O–H groups in total. The summed E-state index contributed by atoms with van der Waals surface area (Å²) in [5, 5.41) is 2.37. The Hall–Kier alpha value is -3.35. The van der Waals surface area contributed by atoms with Crippen molar-refractivity contribution in [3.05, 3.63) is 65.9 Å². The first-order chi connectivity index (χ1) is 15.9. The molecule has 0 radical (unpaired) electrons. The largest absolute Gasteiger partial charge is 0.433 e. The molecule has 0 aliphatic carbocycles. The highest BCUT2D eigenvalue weighted by Gasteiger charge is 2.46. The number of hydrogen-bond acceptors (Lipinski definition) is 6. The average molecular weight is 497 g/mol. The van der Waals surface area contributed by atoms with E-state index in [2.05, 4.69) is 20.3 Å². The van der Waals surface area contributed by atoms with E-state index in [1.807, 2.05) is 0 Å². The summed E-state index contributed by atoms with van der Waals surface area (Å²) >= 11 is 0. The van der Waals surface area contributed by atoms with Gasteiger partial charge in [-0.2, -0.15) is 13.2 Å². The van der Waals surface area contributed by atoms with Crippen molar-refractivity contribution in [2.45, 2.75) is 37.1 Å². The number of imidazole rings is 1. The first-order valence-electron chi connectivity index (χ1n) is 10.1. The summed E-state index contributed by atoms with van der Waals surface area (Å²) in [5.74, 6) is -1.62. The van der Waals surface area contributed by atoms with Gasteiger partial charge in [-0.1, -0.05) is 6.07 Å². The molecule has 4 rings (SSSR count). The second-order valence-corrected chi connectivity index (χ2v) is 10.6. The van der Waals surface area contributed by atoms with Crippen molar-refractivity contribution in [2.75, 3.05) is 11.1 Å². The number of anilines is 1. The lowest BCUT2D eigenvalue weighted by Crippen LogP contribution is -2.28. The van der Waals surface area contributed by atoms with Gasteiger partial charge < -0.3 is 5.32 Å². The molecule has 1 unspecified atom stereocenters. The number of sulfone groups is 1. The maximum Gasteiger partial charge on any atom is 0.433 e. The molecule has 1 atom stereocenters. The number of pyridine rings is 2. The first-order valence-corrected chi connectivity index (χ1v) is 11.8. The average Bonchev–Trinajstić information content (AvgIpc) is 3.33. The third-order valence-corrected chi connectivity index (χ3v) is 8.28. The van der Waals surface area contributed by atoms with Crippen molar-refractivity contribution >= 4 is 21.4 Å². The lowest BCUT2D eigenvalue weighted by molar-refractivity contribution is -0.141. The topological polar surface area (TPSA) is 107 Å². The second kappa shape index (κ2) is 8.46. The quantitative estimate of drug-likeness (QED) is 0.542. The van der Waals surface area contributed by atoms with Gasteiger partial charge in [0.25, 0.3) is 0 Å². The number of carbonyl (C=O) groups is 1. The van der Waals surface area contributed by atoms with E-state index in [0.717, 1.165) is 18.2 Å². The van der Waals surface area contributed by atoms with Crippen LogP contribution in [-0.2, 0) is 32.0 Å². The van der Waals surface area contributed by atoms with Crippen molar-refractivity contribution in [1.82, 2.24) is 19.5 Å². The highest BCUT2D eigenvalue weighted by atomic mass is 32.2. The molecule has 1 saturated heterocycles. The van der Waals surface area contributed by atoms with E-state index in [4.69, 9.17) is 0 Å². The van der Waals surface area contributed by atoms with Gasteiger partial charge in [0, 0.05) is 12.3 Å². The van der Waals surface area contributed by atoms with Gasteiger partial charge in [0.1, 0.15) is 16.8 Å². The minimum absolute atomic E-state index is 0.0103. The van der Waals surface area contributed by atoms with Crippen LogP contribution in [0.2, 0.25) is 0 Å². The second-order valence-electron chi connectivity index (χ2n) is 8.09. The van der Waals surface area contributed by atoms with Gasteiger partial charge >= 0.3 is 6.18 Å². The lowest BCUT2D eigenvalue weighted by Gasteiger charge is -2.19. The Balaban J connectivity index is 1.48. The van der Waals surface area contributed by atoms with E-state index in [0.29, 0.717) is 12.8 Å². The monoisotopic (exact) mass is 497 g/mol. The molecule has 1 fully saturated rings. The van der Waals surface area contributed by atoms with E-state index in [-0.39, 0.29) is 28.6 Å². The van der Waals surface area contributed by atoms with Gasteiger partial charge in [-0.05, 0) is 31.9 Å². The third kappa shape index (κ3) is 4.52. The number of alkyl halides is 3. The molecule has 4 heterocycles. The van der Waals surface area contributed by atoms with Gasteiger partial charge in [0.05, 0.1) is 35.4 Å². The molecule has 13 heteroatoms. The Labute approximate surface area is 192 Å². The van der Waals surface area contributed by atoms with Crippen LogP contribution >= 0.6 is 0 Å². The van der Waals surface area contributed by atoms with E-state index in [1.165, 1.54) is 29.4 Å². The molecule has 180 valence electrons. The van der Waals surface area contributed by atoms with Gasteiger partial charge in [-0.25, -0.2) is 27.8 Å². The Kier molecular flexibility index (Phi) is 5.92. The molecule has 0 aromatic carbocycles. The molecule has 0 bridgehead atoms. The molecule has 1 aliphatic heterocycles. The predicted molar refractivity (Wildman–Crippen MR) is 113 cm³/mol. The lowest BCUT2D eigenvalue weighted by atomic mass is 10.0. The molecule has 3 aromatic rings. The molecule has 34 heavy (non-hydrogen) atoms. The molecule has 1 aliphatic rings. The van der Waals surface area contributed by atoms with Crippen LogP contribution in [0.3, 0.4) is 0 Å². The van der Waals surface area contributed by atoms with Gasteiger partial charge in [-0.15, -0.1) is 0 Å².